The van der Waals surface area contributed by atoms with Crippen LogP contribution >= 0.6 is 0 Å². The van der Waals surface area contributed by atoms with Crippen LogP contribution in [-0.4, -0.2) is 41.4 Å². The first-order chi connectivity index (χ1) is 11.4. The summed E-state index contributed by atoms with van der Waals surface area (Å²) in [5, 5.41) is 11.4. The Balaban J connectivity index is 3.25. The Morgan fingerprint density at radius 1 is 1.20 bits per heavy atom. The molecule has 1 amide bonds. The van der Waals surface area contributed by atoms with E-state index in [0.717, 1.165) is 0 Å². The number of carbonyl (C=O) groups is 2. The third-order valence-corrected chi connectivity index (χ3v) is 3.39. The summed E-state index contributed by atoms with van der Waals surface area (Å²) >= 11 is 0. The molecule has 5 nitrogen and oxygen atoms in total. The topological polar surface area (TPSA) is 75.6 Å². The summed E-state index contributed by atoms with van der Waals surface area (Å²) in [5.41, 5.74) is 0.143. The first-order valence-corrected chi connectivity index (χ1v) is 7.63. The maximum atomic E-state index is 12.6. The number of hydrogen-bond donors (Lipinski definition) is 2. The number of ether oxygens (including phenoxy) is 1. The predicted octanol–water partition coefficient (Wildman–Crippen LogP) is 2.46. The molecular formula is C17H22F3NO4. The number of aliphatic hydroxyl groups excluding tert-OH is 1. The largest absolute Gasteiger partial charge is 0.471 e. The van der Waals surface area contributed by atoms with E-state index in [1.165, 1.54) is 0 Å². The summed E-state index contributed by atoms with van der Waals surface area (Å²) in [6.45, 7) is 5.70. The van der Waals surface area contributed by atoms with Gasteiger partial charge < -0.3 is 15.2 Å². The second kappa shape index (κ2) is 7.86. The average Bonchev–Trinajstić information content (AvgIpc) is 2.45. The Bertz CT molecular complexity index is 623. The molecule has 0 fully saturated rings. The Morgan fingerprint density at radius 3 is 2.20 bits per heavy atom. The second-order valence-electron chi connectivity index (χ2n) is 6.63. The van der Waals surface area contributed by atoms with E-state index in [-0.39, 0.29) is 0 Å². The van der Waals surface area contributed by atoms with Crippen LogP contribution in [0.25, 0.3) is 0 Å². The zero-order valence-corrected chi connectivity index (χ0v) is 14.5. The first kappa shape index (κ1) is 21.0. The SMILES string of the molecule is Cc1ccccc1[C@H](CO)[C@@H](NC(=O)C(F)(F)F)C(=O)OC(C)(C)C. The van der Waals surface area contributed by atoms with Crippen LogP contribution in [0.4, 0.5) is 13.2 Å². The van der Waals surface area contributed by atoms with Gasteiger partial charge in [-0.25, -0.2) is 4.79 Å². The summed E-state index contributed by atoms with van der Waals surface area (Å²) in [7, 11) is 0. The molecule has 25 heavy (non-hydrogen) atoms. The van der Waals surface area contributed by atoms with E-state index in [2.05, 4.69) is 0 Å². The van der Waals surface area contributed by atoms with Gasteiger partial charge in [0, 0.05) is 5.92 Å². The number of alkyl halides is 3. The van der Waals surface area contributed by atoms with Crippen molar-refractivity contribution in [3.05, 3.63) is 35.4 Å². The molecule has 0 heterocycles. The van der Waals surface area contributed by atoms with Gasteiger partial charge in [0.2, 0.25) is 0 Å². The third kappa shape index (κ3) is 6.04. The van der Waals surface area contributed by atoms with E-state index < -0.39 is 42.2 Å². The molecule has 0 aliphatic rings. The zero-order valence-electron chi connectivity index (χ0n) is 14.5. The van der Waals surface area contributed by atoms with Gasteiger partial charge in [-0.05, 0) is 38.8 Å². The van der Waals surface area contributed by atoms with Gasteiger partial charge in [0.25, 0.3) is 0 Å². The molecule has 0 spiro atoms. The molecule has 0 unspecified atom stereocenters. The lowest BCUT2D eigenvalue weighted by Gasteiger charge is -2.30. The van der Waals surface area contributed by atoms with Gasteiger partial charge in [-0.15, -0.1) is 0 Å². The van der Waals surface area contributed by atoms with Crippen molar-refractivity contribution in [2.45, 2.75) is 51.4 Å². The lowest BCUT2D eigenvalue weighted by Crippen LogP contribution is -2.52. The van der Waals surface area contributed by atoms with Gasteiger partial charge >= 0.3 is 18.1 Å². The predicted molar refractivity (Wildman–Crippen MR) is 84.8 cm³/mol. The van der Waals surface area contributed by atoms with Crippen LogP contribution in [0.2, 0.25) is 0 Å². The van der Waals surface area contributed by atoms with Crippen molar-refractivity contribution < 1.29 is 32.6 Å². The Kier molecular flexibility index (Phi) is 6.59. The minimum atomic E-state index is -5.16. The fourth-order valence-corrected chi connectivity index (χ4v) is 2.30. The number of amides is 1. The Labute approximate surface area is 144 Å². The van der Waals surface area contributed by atoms with E-state index >= 15 is 0 Å². The minimum Gasteiger partial charge on any atom is -0.458 e. The highest BCUT2D eigenvalue weighted by Crippen LogP contribution is 2.26. The molecule has 2 N–H and O–H groups in total. The van der Waals surface area contributed by atoms with Crippen molar-refractivity contribution in [1.29, 1.82) is 0 Å². The van der Waals surface area contributed by atoms with Gasteiger partial charge in [0.1, 0.15) is 11.6 Å². The van der Waals surface area contributed by atoms with Crippen LogP contribution in [0.5, 0.6) is 0 Å². The summed E-state index contributed by atoms with van der Waals surface area (Å²) < 4.78 is 43.0. The van der Waals surface area contributed by atoms with E-state index in [4.69, 9.17) is 4.74 Å². The van der Waals surface area contributed by atoms with Crippen LogP contribution in [-0.2, 0) is 14.3 Å². The fraction of sp³-hybridized carbons (Fsp3) is 0.529. The second-order valence-corrected chi connectivity index (χ2v) is 6.63. The molecule has 0 aliphatic carbocycles. The van der Waals surface area contributed by atoms with Gasteiger partial charge in [-0.3, -0.25) is 4.79 Å². The normalized spacial score (nSPS) is 14.6. The minimum absolute atomic E-state index is 0.448. The van der Waals surface area contributed by atoms with Gasteiger partial charge in [0.15, 0.2) is 0 Å². The molecule has 1 aromatic carbocycles. The molecule has 0 saturated heterocycles. The Morgan fingerprint density at radius 2 is 1.76 bits per heavy atom. The van der Waals surface area contributed by atoms with Crippen LogP contribution in [0.3, 0.4) is 0 Å². The molecule has 0 radical (unpaired) electrons. The van der Waals surface area contributed by atoms with Crippen molar-refractivity contribution in [3.63, 3.8) is 0 Å². The number of rotatable bonds is 5. The zero-order chi connectivity index (χ0) is 19.4. The van der Waals surface area contributed by atoms with E-state index in [0.29, 0.717) is 11.1 Å². The lowest BCUT2D eigenvalue weighted by atomic mass is 9.88. The maximum absolute atomic E-state index is 12.6. The van der Waals surface area contributed by atoms with Gasteiger partial charge in [-0.1, -0.05) is 24.3 Å². The molecule has 0 saturated carbocycles. The molecule has 2 atom stereocenters. The lowest BCUT2D eigenvalue weighted by molar-refractivity contribution is -0.177. The van der Waals surface area contributed by atoms with Gasteiger partial charge in [-0.2, -0.15) is 13.2 Å². The monoisotopic (exact) mass is 361 g/mol. The molecule has 140 valence electrons. The Hall–Kier alpha value is -2.09. The van der Waals surface area contributed by atoms with Crippen molar-refractivity contribution in [3.8, 4) is 0 Å². The highest BCUT2D eigenvalue weighted by atomic mass is 19.4. The van der Waals surface area contributed by atoms with Crippen LogP contribution < -0.4 is 5.32 Å². The number of nitrogens with one attached hydrogen (secondary N) is 1. The van der Waals surface area contributed by atoms with E-state index in [1.807, 2.05) is 0 Å². The number of aryl methyl sites for hydroxylation is 1. The molecule has 0 aromatic heterocycles. The van der Waals surface area contributed by atoms with E-state index in [9.17, 15) is 27.9 Å². The summed E-state index contributed by atoms with van der Waals surface area (Å²) in [6.07, 6.45) is -5.16. The van der Waals surface area contributed by atoms with Crippen molar-refractivity contribution in [1.82, 2.24) is 5.32 Å². The standard InChI is InChI=1S/C17H22F3NO4/c1-10-7-5-6-8-11(10)12(9-22)13(14(23)25-16(2,3)4)21-15(24)17(18,19)20/h5-8,12-13,22H,9H2,1-4H3,(H,21,24)/t12-,13+/m0/s1. The first-order valence-electron chi connectivity index (χ1n) is 7.63. The number of benzene rings is 1. The molecule has 0 aliphatic heterocycles. The smallest absolute Gasteiger partial charge is 0.458 e. The van der Waals surface area contributed by atoms with E-state index in [1.54, 1.807) is 57.3 Å². The quantitative estimate of drug-likeness (QED) is 0.790. The maximum Gasteiger partial charge on any atom is 0.471 e. The molecule has 1 rings (SSSR count). The summed E-state index contributed by atoms with van der Waals surface area (Å²) in [4.78, 5) is 23.7. The van der Waals surface area contributed by atoms with Crippen molar-refractivity contribution in [2.75, 3.05) is 6.61 Å². The van der Waals surface area contributed by atoms with Crippen LogP contribution in [0, 0.1) is 6.92 Å². The summed E-state index contributed by atoms with van der Waals surface area (Å²) in [5.74, 6) is -4.40. The van der Waals surface area contributed by atoms with Crippen LogP contribution in [0.15, 0.2) is 24.3 Å². The number of aliphatic hydroxyl groups is 1. The molecule has 1 aromatic rings. The number of hydrogen-bond acceptors (Lipinski definition) is 4. The number of esters is 1. The van der Waals surface area contributed by atoms with Crippen LogP contribution in [0.1, 0.15) is 37.8 Å². The summed E-state index contributed by atoms with van der Waals surface area (Å²) in [6, 6.07) is 4.93. The van der Waals surface area contributed by atoms with Gasteiger partial charge in [0.05, 0.1) is 6.61 Å². The average molecular weight is 361 g/mol. The fourth-order valence-electron chi connectivity index (χ4n) is 2.30. The highest BCUT2D eigenvalue weighted by molar-refractivity contribution is 5.88. The number of halogens is 3. The molecule has 0 bridgehead atoms. The molecular weight excluding hydrogens is 339 g/mol. The number of carbonyl (C=O) groups excluding carboxylic acids is 2. The third-order valence-electron chi connectivity index (χ3n) is 3.39. The van der Waals surface area contributed by atoms with Crippen molar-refractivity contribution in [2.24, 2.45) is 0 Å². The van der Waals surface area contributed by atoms with Crippen molar-refractivity contribution >= 4 is 11.9 Å². The molecule has 8 heteroatoms. The highest BCUT2D eigenvalue weighted by Gasteiger charge is 2.44.